The zero-order valence-electron chi connectivity index (χ0n) is 35.1. The molecule has 5 aromatic rings. The molecule has 0 bridgehead atoms. The lowest BCUT2D eigenvalue weighted by Crippen LogP contribution is -2.52. The number of likely N-dealkylation sites (N-methyl/N-ethyl adjacent to an activating group) is 2. The number of furan rings is 1. The number of rotatable bonds is 9. The normalized spacial score (nSPS) is 14.4. The lowest BCUT2D eigenvalue weighted by molar-refractivity contribution is 0.0591. The molecule has 16 heteroatoms. The molecule has 1 aromatic heterocycles. The Balaban J connectivity index is 0.000000209. The number of urea groups is 2. The first-order chi connectivity index (χ1) is 29.8. The summed E-state index contributed by atoms with van der Waals surface area (Å²) < 4.78 is 44.9. The van der Waals surface area contributed by atoms with E-state index in [9.17, 15) is 28.0 Å². The lowest BCUT2D eigenvalue weighted by Gasteiger charge is -2.36. The van der Waals surface area contributed by atoms with Crippen molar-refractivity contribution in [3.63, 3.8) is 0 Å². The molecule has 2 saturated heterocycles. The van der Waals surface area contributed by atoms with Gasteiger partial charge >= 0.3 is 24.0 Å². The number of amides is 4. The Hall–Kier alpha value is -6.10. The number of carbonyl (C=O) groups excluding carboxylic acids is 4. The molecular formula is C46H49BrF2N6O7. The van der Waals surface area contributed by atoms with E-state index in [1.165, 1.54) is 38.5 Å². The largest absolute Gasteiger partial charge is 0.472 e. The maximum atomic E-state index is 14.9. The van der Waals surface area contributed by atoms with Gasteiger partial charge in [-0.25, -0.2) is 28.0 Å². The number of hydrogen-bond donors (Lipinski definition) is 0. The maximum Gasteiger partial charge on any atom is 0.337 e. The summed E-state index contributed by atoms with van der Waals surface area (Å²) in [4.78, 5) is 61.2. The van der Waals surface area contributed by atoms with Crippen LogP contribution in [0.4, 0.5) is 29.7 Å². The summed E-state index contributed by atoms with van der Waals surface area (Å²) in [5.74, 6) is -2.34. The SMILES string of the molecule is COC(=O)c1ccc(CN(C(=O)N2CCN(C)CC2)c2cccc(-c3ccoc3)c2)c(F)c1.COC(=O)c1ccc(CN(C(=O)N2CCN(C)CC2)c2cccc(Br)c2)c(F)c1. The van der Waals surface area contributed by atoms with Gasteiger partial charge in [-0.15, -0.1) is 0 Å². The summed E-state index contributed by atoms with van der Waals surface area (Å²) in [6.45, 7) is 5.62. The summed E-state index contributed by atoms with van der Waals surface area (Å²) in [5, 5.41) is 0. The molecule has 0 saturated carbocycles. The van der Waals surface area contributed by atoms with Gasteiger partial charge in [0.1, 0.15) is 11.6 Å². The lowest BCUT2D eigenvalue weighted by atomic mass is 10.1. The van der Waals surface area contributed by atoms with Crippen molar-refractivity contribution >= 4 is 51.3 Å². The highest BCUT2D eigenvalue weighted by atomic mass is 79.9. The molecule has 13 nitrogen and oxygen atoms in total. The Bertz CT molecular complexity index is 2350. The number of benzene rings is 4. The van der Waals surface area contributed by atoms with Crippen molar-refractivity contribution in [1.82, 2.24) is 19.6 Å². The standard InChI is InChI=1S/C25H26FN3O4.C21H23BrFN3O3/c1-27-9-11-28(12-10-27)25(31)29(16-20-7-6-19(15-23(20)26)24(30)32-2)22-5-3-4-18(14-22)21-8-13-33-17-21;1-24-8-10-25(11-9-24)21(28)26(18-5-3-4-17(22)13-18)14-16-7-6-15(12-19(16)23)20(27)29-2/h3-8,13-15,17H,9-12,16H2,1-2H3;3-7,12-13H,8-11,14H2,1-2H3. The molecule has 0 spiro atoms. The Labute approximate surface area is 368 Å². The molecule has 2 aliphatic rings. The summed E-state index contributed by atoms with van der Waals surface area (Å²) in [6.07, 6.45) is 3.23. The van der Waals surface area contributed by atoms with Gasteiger partial charge in [0.05, 0.1) is 51.0 Å². The van der Waals surface area contributed by atoms with Crippen LogP contribution in [0.3, 0.4) is 0 Å². The van der Waals surface area contributed by atoms with Crippen LogP contribution in [0.25, 0.3) is 11.1 Å². The Morgan fingerprint density at radius 1 is 0.613 bits per heavy atom. The third-order valence-corrected chi connectivity index (χ3v) is 11.2. The van der Waals surface area contributed by atoms with Crippen LogP contribution in [-0.4, -0.2) is 124 Å². The number of ether oxygens (including phenoxy) is 2. The second kappa shape index (κ2) is 21.1. The minimum absolute atomic E-state index is 0.0211. The van der Waals surface area contributed by atoms with Crippen molar-refractivity contribution in [2.75, 3.05) is 90.5 Å². The Kier molecular flexibility index (Phi) is 15.5. The van der Waals surface area contributed by atoms with Crippen molar-refractivity contribution in [3.05, 3.63) is 142 Å². The van der Waals surface area contributed by atoms with Gasteiger partial charge in [-0.05, 0) is 80.3 Å². The minimum atomic E-state index is -0.612. The van der Waals surface area contributed by atoms with Gasteiger partial charge in [-0.3, -0.25) is 9.80 Å². The summed E-state index contributed by atoms with van der Waals surface area (Å²) in [5.41, 5.74) is 3.97. The second-order valence-electron chi connectivity index (χ2n) is 15.0. The summed E-state index contributed by atoms with van der Waals surface area (Å²) in [6, 6.07) is 24.7. The predicted octanol–water partition coefficient (Wildman–Crippen LogP) is 8.00. The monoisotopic (exact) mass is 914 g/mol. The second-order valence-corrected chi connectivity index (χ2v) is 15.9. The van der Waals surface area contributed by atoms with E-state index in [1.54, 1.807) is 32.1 Å². The van der Waals surface area contributed by atoms with Crippen LogP contribution in [0, 0.1) is 11.6 Å². The van der Waals surface area contributed by atoms with E-state index in [2.05, 4.69) is 35.2 Å². The predicted molar refractivity (Wildman–Crippen MR) is 235 cm³/mol. The maximum absolute atomic E-state index is 14.9. The molecule has 4 aromatic carbocycles. The van der Waals surface area contributed by atoms with Gasteiger partial charge in [0.15, 0.2) is 0 Å². The third kappa shape index (κ3) is 11.4. The molecule has 0 aliphatic carbocycles. The first-order valence-electron chi connectivity index (χ1n) is 20.0. The number of esters is 2. The highest BCUT2D eigenvalue weighted by Gasteiger charge is 2.28. The molecule has 62 heavy (non-hydrogen) atoms. The first-order valence-corrected chi connectivity index (χ1v) is 20.8. The van der Waals surface area contributed by atoms with Gasteiger partial charge in [0.2, 0.25) is 0 Å². The number of hydrogen-bond acceptors (Lipinski definition) is 9. The fourth-order valence-corrected chi connectivity index (χ4v) is 7.37. The van der Waals surface area contributed by atoms with Crippen LogP contribution in [0.15, 0.2) is 112 Å². The molecule has 4 amide bonds. The number of nitrogens with zero attached hydrogens (tertiary/aromatic N) is 6. The van der Waals surface area contributed by atoms with Crippen LogP contribution in [0.1, 0.15) is 31.8 Å². The topological polar surface area (TPSA) is 119 Å². The minimum Gasteiger partial charge on any atom is -0.472 e. The van der Waals surface area contributed by atoms with Crippen molar-refractivity contribution in [1.29, 1.82) is 0 Å². The van der Waals surface area contributed by atoms with Gasteiger partial charge < -0.3 is 33.5 Å². The Morgan fingerprint density at radius 2 is 1.08 bits per heavy atom. The van der Waals surface area contributed by atoms with Gasteiger partial charge in [-0.1, -0.05) is 46.3 Å². The van der Waals surface area contributed by atoms with Gasteiger partial charge in [0, 0.05) is 84.9 Å². The molecular weight excluding hydrogens is 866 g/mol. The van der Waals surface area contributed by atoms with Crippen LogP contribution in [-0.2, 0) is 22.6 Å². The molecule has 0 unspecified atom stereocenters. The van der Waals surface area contributed by atoms with E-state index in [-0.39, 0.29) is 36.3 Å². The fraction of sp³-hybridized carbons (Fsp3) is 0.304. The van der Waals surface area contributed by atoms with Crippen molar-refractivity contribution in [3.8, 4) is 11.1 Å². The molecule has 0 N–H and O–H groups in total. The molecule has 326 valence electrons. The fourth-order valence-electron chi connectivity index (χ4n) is 6.98. The molecule has 2 aliphatic heterocycles. The van der Waals surface area contributed by atoms with Crippen LogP contribution < -0.4 is 9.80 Å². The third-order valence-electron chi connectivity index (χ3n) is 10.7. The van der Waals surface area contributed by atoms with E-state index in [4.69, 9.17) is 4.42 Å². The molecule has 2 fully saturated rings. The van der Waals surface area contributed by atoms with Gasteiger partial charge in [0.25, 0.3) is 0 Å². The van der Waals surface area contributed by atoms with Crippen molar-refractivity contribution < 1.29 is 41.8 Å². The number of carbonyl (C=O) groups is 4. The van der Waals surface area contributed by atoms with Crippen LogP contribution >= 0.6 is 15.9 Å². The summed E-state index contributed by atoms with van der Waals surface area (Å²) >= 11 is 3.43. The zero-order chi connectivity index (χ0) is 44.3. The van der Waals surface area contributed by atoms with Crippen molar-refractivity contribution in [2.24, 2.45) is 0 Å². The smallest absolute Gasteiger partial charge is 0.337 e. The molecule has 3 heterocycles. The van der Waals surface area contributed by atoms with E-state index < -0.39 is 23.6 Å². The zero-order valence-corrected chi connectivity index (χ0v) is 36.6. The average Bonchev–Trinajstić information content (AvgIpc) is 3.84. The number of piperazine rings is 2. The number of halogens is 3. The van der Waals surface area contributed by atoms with E-state index in [0.29, 0.717) is 48.7 Å². The highest BCUT2D eigenvalue weighted by molar-refractivity contribution is 9.10. The van der Waals surface area contributed by atoms with Gasteiger partial charge in [-0.2, -0.15) is 0 Å². The number of anilines is 2. The molecule has 7 rings (SSSR count). The molecule has 0 atom stereocenters. The van der Waals surface area contributed by atoms with E-state index >= 15 is 0 Å². The quantitative estimate of drug-likeness (QED) is 0.136. The van der Waals surface area contributed by atoms with Crippen LogP contribution in [0.5, 0.6) is 0 Å². The van der Waals surface area contributed by atoms with Crippen molar-refractivity contribution in [2.45, 2.75) is 13.1 Å². The average molecular weight is 916 g/mol. The van der Waals surface area contributed by atoms with Crippen LogP contribution in [0.2, 0.25) is 0 Å². The summed E-state index contributed by atoms with van der Waals surface area (Å²) in [7, 11) is 6.54. The molecule has 0 radical (unpaired) electrons. The first kappa shape index (κ1) is 45.4. The van der Waals surface area contributed by atoms with E-state index in [1.807, 2.05) is 68.7 Å². The highest BCUT2D eigenvalue weighted by Crippen LogP contribution is 2.29. The Morgan fingerprint density at radius 3 is 1.50 bits per heavy atom. The number of methoxy groups -OCH3 is 2. The van der Waals surface area contributed by atoms with E-state index in [0.717, 1.165) is 53.9 Å².